The fourth-order valence-corrected chi connectivity index (χ4v) is 4.77. The summed E-state index contributed by atoms with van der Waals surface area (Å²) in [6.07, 6.45) is 0. The summed E-state index contributed by atoms with van der Waals surface area (Å²) in [4.78, 5) is 0.799. The van der Waals surface area contributed by atoms with Gasteiger partial charge in [0, 0.05) is 15.6 Å². The van der Waals surface area contributed by atoms with Crippen LogP contribution in [-0.2, 0) is 9.84 Å². The molecule has 0 N–H and O–H groups in total. The van der Waals surface area contributed by atoms with Gasteiger partial charge in [-0.05, 0) is 41.5 Å². The quantitative estimate of drug-likeness (QED) is 0.476. The smallest absolute Gasteiger partial charge is 0.207 e. The van der Waals surface area contributed by atoms with Gasteiger partial charge >= 0.3 is 0 Å². The highest BCUT2D eigenvalue weighted by molar-refractivity contribution is 9.10. The Morgan fingerprint density at radius 1 is 0.682 bits per heavy atom. The second kappa shape index (κ2) is 4.80. The largest absolute Gasteiger partial charge is 0.218 e. The molecule has 0 radical (unpaired) electrons. The third-order valence-electron chi connectivity index (χ3n) is 3.91. The van der Waals surface area contributed by atoms with Gasteiger partial charge in [-0.3, -0.25) is 0 Å². The summed E-state index contributed by atoms with van der Waals surface area (Å²) in [5.41, 5.74) is 3.65. The Labute approximate surface area is 137 Å². The van der Waals surface area contributed by atoms with E-state index in [2.05, 4.69) is 15.9 Å². The summed E-state index contributed by atoms with van der Waals surface area (Å²) >= 11 is 3.42. The van der Waals surface area contributed by atoms with Gasteiger partial charge in [0.25, 0.3) is 0 Å². The number of halogens is 1. The number of rotatable bonds is 1. The average molecular weight is 371 g/mol. The van der Waals surface area contributed by atoms with E-state index in [4.69, 9.17) is 0 Å². The number of hydrogen-bond donors (Lipinski definition) is 0. The molecule has 2 nitrogen and oxygen atoms in total. The normalized spacial score (nSPS) is 14.4. The van der Waals surface area contributed by atoms with Crippen molar-refractivity contribution in [3.63, 3.8) is 0 Å². The summed E-state index contributed by atoms with van der Waals surface area (Å²) in [5.74, 6) is 0. The fraction of sp³-hybridized carbons (Fsp3) is 0. The van der Waals surface area contributed by atoms with E-state index in [0.717, 1.165) is 26.7 Å². The molecule has 3 aromatic carbocycles. The lowest BCUT2D eigenvalue weighted by Crippen LogP contribution is -1.96. The van der Waals surface area contributed by atoms with Crippen LogP contribution in [0.15, 0.2) is 81.0 Å². The average Bonchev–Trinajstić information content (AvgIpc) is 2.77. The van der Waals surface area contributed by atoms with Gasteiger partial charge in [0.15, 0.2) is 0 Å². The minimum atomic E-state index is -3.38. The minimum absolute atomic E-state index is 0.398. The van der Waals surface area contributed by atoms with Crippen molar-refractivity contribution in [2.24, 2.45) is 0 Å². The second-order valence-corrected chi connectivity index (χ2v) is 8.02. The summed E-state index contributed by atoms with van der Waals surface area (Å²) in [6, 6.07) is 20.7. The highest BCUT2D eigenvalue weighted by Crippen LogP contribution is 2.44. The van der Waals surface area contributed by atoms with Crippen LogP contribution in [0.25, 0.3) is 22.3 Å². The van der Waals surface area contributed by atoms with Gasteiger partial charge in [0.2, 0.25) is 9.84 Å². The molecule has 3 aromatic rings. The van der Waals surface area contributed by atoms with Gasteiger partial charge in [-0.2, -0.15) is 0 Å². The predicted molar refractivity (Wildman–Crippen MR) is 90.5 cm³/mol. The molecule has 1 aliphatic heterocycles. The van der Waals surface area contributed by atoms with Gasteiger partial charge < -0.3 is 0 Å². The summed E-state index contributed by atoms with van der Waals surface area (Å²) in [5, 5.41) is 0. The molecular weight excluding hydrogens is 360 g/mol. The molecule has 0 unspecified atom stereocenters. The molecule has 1 aliphatic rings. The van der Waals surface area contributed by atoms with Gasteiger partial charge in [-0.25, -0.2) is 8.42 Å². The second-order valence-electron chi connectivity index (χ2n) is 5.22. The highest BCUT2D eigenvalue weighted by Gasteiger charge is 2.32. The SMILES string of the molecule is O=S1(=O)c2ccccc2-c2cc(-c3ccc(Br)cc3)ccc21. The molecule has 0 aromatic heterocycles. The molecule has 108 valence electrons. The van der Waals surface area contributed by atoms with Crippen LogP contribution < -0.4 is 0 Å². The van der Waals surface area contributed by atoms with Crippen molar-refractivity contribution >= 4 is 25.8 Å². The first-order chi connectivity index (χ1) is 10.6. The minimum Gasteiger partial charge on any atom is -0.218 e. The number of hydrogen-bond acceptors (Lipinski definition) is 2. The van der Waals surface area contributed by atoms with Crippen LogP contribution in [0.3, 0.4) is 0 Å². The van der Waals surface area contributed by atoms with Gasteiger partial charge in [-0.1, -0.05) is 52.3 Å². The lowest BCUT2D eigenvalue weighted by molar-refractivity contribution is 0.598. The Morgan fingerprint density at radius 2 is 1.32 bits per heavy atom. The van der Waals surface area contributed by atoms with E-state index < -0.39 is 9.84 Å². The van der Waals surface area contributed by atoms with Crippen LogP contribution in [-0.4, -0.2) is 8.42 Å². The highest BCUT2D eigenvalue weighted by atomic mass is 79.9. The van der Waals surface area contributed by atoms with Gasteiger partial charge in [0.05, 0.1) is 9.79 Å². The van der Waals surface area contributed by atoms with E-state index in [1.165, 1.54) is 0 Å². The molecule has 0 amide bonds. The van der Waals surface area contributed by atoms with Crippen molar-refractivity contribution in [3.05, 3.63) is 71.2 Å². The fourth-order valence-electron chi connectivity index (χ4n) is 2.84. The molecule has 4 heteroatoms. The molecule has 4 rings (SSSR count). The first kappa shape index (κ1) is 13.7. The zero-order valence-corrected chi connectivity index (χ0v) is 13.9. The van der Waals surface area contributed by atoms with E-state index >= 15 is 0 Å². The molecular formula is C18H11BrO2S. The molecule has 0 aliphatic carbocycles. The van der Waals surface area contributed by atoms with Crippen molar-refractivity contribution in [3.8, 4) is 22.3 Å². The van der Waals surface area contributed by atoms with E-state index in [9.17, 15) is 8.42 Å². The summed E-state index contributed by atoms with van der Waals surface area (Å²) in [6.45, 7) is 0. The van der Waals surface area contributed by atoms with Crippen molar-refractivity contribution in [2.45, 2.75) is 9.79 Å². The Hall–Kier alpha value is -1.91. The summed E-state index contributed by atoms with van der Waals surface area (Å²) < 4.78 is 26.1. The molecule has 0 saturated carbocycles. The number of sulfone groups is 1. The Morgan fingerprint density at radius 3 is 2.09 bits per heavy atom. The van der Waals surface area contributed by atoms with Crippen LogP contribution in [0.2, 0.25) is 0 Å². The zero-order chi connectivity index (χ0) is 15.3. The van der Waals surface area contributed by atoms with Crippen molar-refractivity contribution < 1.29 is 8.42 Å². The van der Waals surface area contributed by atoms with Gasteiger partial charge in [0.1, 0.15) is 0 Å². The third-order valence-corrected chi connectivity index (χ3v) is 6.31. The molecule has 0 spiro atoms. The van der Waals surface area contributed by atoms with Crippen molar-refractivity contribution in [1.82, 2.24) is 0 Å². The summed E-state index contributed by atoms with van der Waals surface area (Å²) in [7, 11) is -3.38. The van der Waals surface area contributed by atoms with Crippen LogP contribution in [0.4, 0.5) is 0 Å². The lowest BCUT2D eigenvalue weighted by atomic mass is 9.99. The third kappa shape index (κ3) is 1.95. The van der Waals surface area contributed by atoms with E-state index in [1.807, 2.05) is 48.5 Å². The molecule has 0 fully saturated rings. The Kier molecular flexibility index (Phi) is 2.99. The zero-order valence-electron chi connectivity index (χ0n) is 11.5. The Balaban J connectivity index is 1.96. The van der Waals surface area contributed by atoms with E-state index in [0.29, 0.717) is 9.79 Å². The molecule has 0 saturated heterocycles. The number of fused-ring (bicyclic) bond motifs is 3. The van der Waals surface area contributed by atoms with E-state index in [-0.39, 0.29) is 0 Å². The topological polar surface area (TPSA) is 34.1 Å². The molecule has 1 heterocycles. The van der Waals surface area contributed by atoms with Crippen molar-refractivity contribution in [2.75, 3.05) is 0 Å². The lowest BCUT2D eigenvalue weighted by Gasteiger charge is -2.05. The molecule has 22 heavy (non-hydrogen) atoms. The monoisotopic (exact) mass is 370 g/mol. The first-order valence-corrected chi connectivity index (χ1v) is 9.09. The van der Waals surface area contributed by atoms with Crippen molar-refractivity contribution in [1.29, 1.82) is 0 Å². The van der Waals surface area contributed by atoms with Crippen LogP contribution in [0, 0.1) is 0 Å². The maximum absolute atomic E-state index is 12.6. The van der Waals surface area contributed by atoms with Crippen LogP contribution in [0.1, 0.15) is 0 Å². The Bertz CT molecular complexity index is 990. The maximum Gasteiger partial charge on any atom is 0.207 e. The van der Waals surface area contributed by atoms with E-state index in [1.54, 1.807) is 18.2 Å². The predicted octanol–water partition coefficient (Wildman–Crippen LogP) is 4.93. The standard InChI is InChI=1S/C18H11BrO2S/c19-14-8-5-12(6-9-14)13-7-10-18-16(11-13)15-3-1-2-4-17(15)22(18,20)21/h1-11H. The first-order valence-electron chi connectivity index (χ1n) is 6.82. The molecule has 0 bridgehead atoms. The van der Waals surface area contributed by atoms with Crippen LogP contribution in [0.5, 0.6) is 0 Å². The van der Waals surface area contributed by atoms with Gasteiger partial charge in [-0.15, -0.1) is 0 Å². The van der Waals surface area contributed by atoms with Crippen LogP contribution >= 0.6 is 15.9 Å². The maximum atomic E-state index is 12.6. The molecule has 0 atom stereocenters. The number of benzene rings is 3.